The molecule has 2 aromatic rings. The van der Waals surface area contributed by atoms with Crippen molar-refractivity contribution in [3.63, 3.8) is 0 Å². The molecule has 0 N–H and O–H groups in total. The van der Waals surface area contributed by atoms with Crippen molar-refractivity contribution in [2.45, 2.75) is 31.2 Å². The average Bonchev–Trinajstić information content (AvgIpc) is 2.89. The predicted molar refractivity (Wildman–Crippen MR) is 82.6 cm³/mol. The fourth-order valence-corrected chi connectivity index (χ4v) is 2.80. The summed E-state index contributed by atoms with van der Waals surface area (Å²) in [6.07, 6.45) is 0. The van der Waals surface area contributed by atoms with Crippen LogP contribution in [-0.2, 0) is 4.79 Å². The lowest BCUT2D eigenvalue weighted by Crippen LogP contribution is -2.29. The van der Waals surface area contributed by atoms with Crippen LogP contribution in [0.15, 0.2) is 23.4 Å². The van der Waals surface area contributed by atoms with Gasteiger partial charge in [0.1, 0.15) is 0 Å². The Morgan fingerprint density at radius 1 is 1.29 bits per heavy atom. The number of amides is 1. The number of rotatable bonds is 4. The van der Waals surface area contributed by atoms with E-state index in [0.29, 0.717) is 5.16 Å². The van der Waals surface area contributed by atoms with E-state index in [1.165, 1.54) is 22.9 Å². The molecule has 0 saturated carbocycles. The van der Waals surface area contributed by atoms with Crippen molar-refractivity contribution < 1.29 is 4.79 Å². The number of thioether (sulfide) groups is 1. The van der Waals surface area contributed by atoms with Gasteiger partial charge in [-0.2, -0.15) is 4.68 Å². The zero-order chi connectivity index (χ0) is 15.6. The van der Waals surface area contributed by atoms with Gasteiger partial charge in [0.05, 0.1) is 10.9 Å². The minimum atomic E-state index is -0.240. The molecule has 0 bridgehead atoms. The van der Waals surface area contributed by atoms with Gasteiger partial charge in [0, 0.05) is 14.1 Å². The zero-order valence-corrected chi connectivity index (χ0v) is 13.7. The summed E-state index contributed by atoms with van der Waals surface area (Å²) in [5.41, 5.74) is 3.30. The number of aryl methyl sites for hydroxylation is 2. The second-order valence-electron chi connectivity index (χ2n) is 5.13. The monoisotopic (exact) mass is 305 g/mol. The van der Waals surface area contributed by atoms with Crippen LogP contribution in [0, 0.1) is 13.8 Å². The molecule has 0 spiro atoms. The molecule has 6 nitrogen and oxygen atoms in total. The van der Waals surface area contributed by atoms with Gasteiger partial charge < -0.3 is 4.90 Å². The first-order valence-corrected chi connectivity index (χ1v) is 7.52. The molecule has 0 saturated heterocycles. The molecule has 1 amide bonds. The molecule has 0 fully saturated rings. The van der Waals surface area contributed by atoms with Crippen LogP contribution in [-0.4, -0.2) is 50.4 Å². The molecular weight excluding hydrogens is 286 g/mol. The summed E-state index contributed by atoms with van der Waals surface area (Å²) < 4.78 is 1.66. The van der Waals surface area contributed by atoms with E-state index in [-0.39, 0.29) is 11.2 Å². The molecule has 2 rings (SSSR count). The third kappa shape index (κ3) is 3.41. The Balaban J connectivity index is 2.26. The van der Waals surface area contributed by atoms with Crippen LogP contribution in [0.2, 0.25) is 0 Å². The maximum absolute atomic E-state index is 11.9. The third-order valence-electron chi connectivity index (χ3n) is 3.25. The molecular formula is C14H19N5OS. The largest absolute Gasteiger partial charge is 0.348 e. The minimum Gasteiger partial charge on any atom is -0.348 e. The van der Waals surface area contributed by atoms with Gasteiger partial charge >= 0.3 is 0 Å². The Labute approximate surface area is 128 Å². The van der Waals surface area contributed by atoms with E-state index >= 15 is 0 Å². The number of tetrazole rings is 1. The normalized spacial score (nSPS) is 12.2. The Hall–Kier alpha value is -1.89. The third-order valence-corrected chi connectivity index (χ3v) is 4.27. The Morgan fingerprint density at radius 3 is 2.62 bits per heavy atom. The second-order valence-corrected chi connectivity index (χ2v) is 6.44. The number of carbonyl (C=O) groups excluding carboxylic acids is 1. The molecule has 0 aliphatic heterocycles. The number of aromatic nitrogens is 4. The van der Waals surface area contributed by atoms with E-state index in [2.05, 4.69) is 22.4 Å². The van der Waals surface area contributed by atoms with Crippen molar-refractivity contribution in [2.75, 3.05) is 14.1 Å². The van der Waals surface area contributed by atoms with Crippen molar-refractivity contribution in [2.24, 2.45) is 0 Å². The van der Waals surface area contributed by atoms with Crippen LogP contribution in [0.25, 0.3) is 5.69 Å². The van der Waals surface area contributed by atoms with E-state index < -0.39 is 0 Å². The lowest BCUT2D eigenvalue weighted by molar-refractivity contribution is -0.127. The van der Waals surface area contributed by atoms with Gasteiger partial charge in [0.2, 0.25) is 11.1 Å². The van der Waals surface area contributed by atoms with Crippen molar-refractivity contribution >= 4 is 17.7 Å². The fraction of sp³-hybridized carbons (Fsp3) is 0.429. The van der Waals surface area contributed by atoms with Crippen molar-refractivity contribution in [1.82, 2.24) is 25.1 Å². The highest BCUT2D eigenvalue weighted by atomic mass is 32.2. The molecule has 1 aromatic carbocycles. The Bertz CT molecular complexity index is 653. The summed E-state index contributed by atoms with van der Waals surface area (Å²) in [6.45, 7) is 5.97. The van der Waals surface area contributed by atoms with Crippen LogP contribution in [0.3, 0.4) is 0 Å². The molecule has 112 valence electrons. The number of nitrogens with zero attached hydrogens (tertiary/aromatic N) is 5. The molecule has 21 heavy (non-hydrogen) atoms. The average molecular weight is 305 g/mol. The molecule has 0 radical (unpaired) electrons. The lowest BCUT2D eigenvalue weighted by atomic mass is 10.1. The summed E-state index contributed by atoms with van der Waals surface area (Å²) in [7, 11) is 3.48. The maximum Gasteiger partial charge on any atom is 0.235 e. The number of hydrogen-bond acceptors (Lipinski definition) is 5. The van der Waals surface area contributed by atoms with Crippen molar-refractivity contribution in [3.05, 3.63) is 29.3 Å². The highest BCUT2D eigenvalue weighted by molar-refractivity contribution is 8.00. The van der Waals surface area contributed by atoms with Gasteiger partial charge in [-0.3, -0.25) is 4.79 Å². The van der Waals surface area contributed by atoms with Gasteiger partial charge in [-0.05, 0) is 54.5 Å². The fourth-order valence-electron chi connectivity index (χ4n) is 1.84. The van der Waals surface area contributed by atoms with E-state index in [4.69, 9.17) is 0 Å². The molecule has 1 atom stereocenters. The summed E-state index contributed by atoms with van der Waals surface area (Å²) in [5.74, 6) is 0.0367. The highest BCUT2D eigenvalue weighted by Crippen LogP contribution is 2.24. The molecule has 1 aromatic heterocycles. The first kappa shape index (κ1) is 15.5. The summed E-state index contributed by atoms with van der Waals surface area (Å²) in [5, 5.41) is 12.1. The number of carbonyl (C=O) groups is 1. The van der Waals surface area contributed by atoms with Crippen LogP contribution < -0.4 is 0 Å². The molecule has 0 aliphatic rings. The molecule has 1 heterocycles. The first-order chi connectivity index (χ1) is 9.90. The van der Waals surface area contributed by atoms with Crippen LogP contribution in [0.5, 0.6) is 0 Å². The van der Waals surface area contributed by atoms with E-state index in [1.54, 1.807) is 23.7 Å². The SMILES string of the molecule is Cc1ccc(-n2nnnc2S[C@H](C)C(=O)N(C)C)cc1C. The highest BCUT2D eigenvalue weighted by Gasteiger charge is 2.20. The van der Waals surface area contributed by atoms with Crippen molar-refractivity contribution in [1.29, 1.82) is 0 Å². The smallest absolute Gasteiger partial charge is 0.235 e. The van der Waals surface area contributed by atoms with E-state index in [9.17, 15) is 4.79 Å². The molecule has 0 aliphatic carbocycles. The van der Waals surface area contributed by atoms with Gasteiger partial charge in [0.15, 0.2) is 0 Å². The van der Waals surface area contributed by atoms with Crippen molar-refractivity contribution in [3.8, 4) is 5.69 Å². The van der Waals surface area contributed by atoms with Gasteiger partial charge in [-0.1, -0.05) is 17.8 Å². The summed E-state index contributed by atoms with van der Waals surface area (Å²) >= 11 is 1.35. The number of benzene rings is 1. The minimum absolute atomic E-state index is 0.0367. The first-order valence-electron chi connectivity index (χ1n) is 6.64. The molecule has 7 heteroatoms. The number of hydrogen-bond donors (Lipinski definition) is 0. The van der Waals surface area contributed by atoms with Crippen LogP contribution in [0.1, 0.15) is 18.1 Å². The quantitative estimate of drug-likeness (QED) is 0.807. The zero-order valence-electron chi connectivity index (χ0n) is 12.9. The molecule has 0 unspecified atom stereocenters. The predicted octanol–water partition coefficient (Wildman–Crippen LogP) is 1.85. The van der Waals surface area contributed by atoms with Crippen LogP contribution in [0.4, 0.5) is 0 Å². The lowest BCUT2D eigenvalue weighted by Gasteiger charge is -2.15. The summed E-state index contributed by atoms with van der Waals surface area (Å²) in [4.78, 5) is 13.5. The van der Waals surface area contributed by atoms with E-state index in [1.807, 2.05) is 32.0 Å². The Kier molecular flexibility index (Phi) is 4.62. The van der Waals surface area contributed by atoms with Crippen LogP contribution >= 0.6 is 11.8 Å². The summed E-state index contributed by atoms with van der Waals surface area (Å²) in [6, 6.07) is 6.05. The standard InChI is InChI=1S/C14H19N5OS/c1-9-6-7-12(8-10(9)2)19-14(15-16-17-19)21-11(3)13(20)18(4)5/h6-8,11H,1-5H3/t11-/m1/s1. The maximum atomic E-state index is 11.9. The van der Waals surface area contributed by atoms with E-state index in [0.717, 1.165) is 5.69 Å². The topological polar surface area (TPSA) is 63.9 Å². The van der Waals surface area contributed by atoms with Gasteiger partial charge in [-0.15, -0.1) is 5.10 Å². The second kappa shape index (κ2) is 6.26. The van der Waals surface area contributed by atoms with Gasteiger partial charge in [0.25, 0.3) is 0 Å². The Morgan fingerprint density at radius 2 is 2.00 bits per heavy atom. The van der Waals surface area contributed by atoms with Gasteiger partial charge in [-0.25, -0.2) is 0 Å².